The Bertz CT molecular complexity index is 420. The molecule has 0 radical (unpaired) electrons. The first-order valence-corrected chi connectivity index (χ1v) is 5.62. The van der Waals surface area contributed by atoms with Crippen LogP contribution in [-0.4, -0.2) is 19.1 Å². The molecular weight excluding hydrogens is 214 g/mol. The fourth-order valence-electron chi connectivity index (χ4n) is 1.47. The van der Waals surface area contributed by atoms with Gasteiger partial charge in [0.2, 0.25) is 0 Å². The minimum atomic E-state index is -0.172. The van der Waals surface area contributed by atoms with Gasteiger partial charge in [0.05, 0.1) is 6.61 Å². The first-order valence-electron chi connectivity index (χ1n) is 5.62. The Labute approximate surface area is 102 Å². The van der Waals surface area contributed by atoms with E-state index in [4.69, 9.17) is 4.74 Å². The highest BCUT2D eigenvalue weighted by molar-refractivity contribution is 5.87. The first kappa shape index (κ1) is 13.1. The molecule has 0 aliphatic heterocycles. The van der Waals surface area contributed by atoms with Crippen LogP contribution in [0.4, 0.5) is 0 Å². The third-order valence-electron chi connectivity index (χ3n) is 2.20. The standard InChI is InChI=1S/C14H17NO2/c1-3-7-14(16)15-11-10-12-8-5-6-9-13(12)17-4-2/h5-9H,1,4,10-11H2,2H3,(H,15,16). The van der Waals surface area contributed by atoms with E-state index >= 15 is 0 Å². The molecular formula is C14H17NO2. The van der Waals surface area contributed by atoms with Crippen LogP contribution < -0.4 is 10.1 Å². The summed E-state index contributed by atoms with van der Waals surface area (Å²) in [5.74, 6) is 0.706. The summed E-state index contributed by atoms with van der Waals surface area (Å²) >= 11 is 0. The van der Waals surface area contributed by atoms with Crippen molar-refractivity contribution in [1.82, 2.24) is 5.32 Å². The molecule has 1 aromatic carbocycles. The monoisotopic (exact) mass is 231 g/mol. The van der Waals surface area contributed by atoms with Gasteiger partial charge in [-0.1, -0.05) is 24.8 Å². The fourth-order valence-corrected chi connectivity index (χ4v) is 1.47. The van der Waals surface area contributed by atoms with E-state index in [0.29, 0.717) is 13.2 Å². The molecule has 3 heteroatoms. The molecule has 0 aliphatic rings. The number of hydrogen-bond donors (Lipinski definition) is 1. The molecule has 0 atom stereocenters. The molecule has 3 nitrogen and oxygen atoms in total. The normalized spacial score (nSPS) is 9.24. The van der Waals surface area contributed by atoms with E-state index < -0.39 is 0 Å². The van der Waals surface area contributed by atoms with Crippen LogP contribution in [0.25, 0.3) is 0 Å². The molecule has 1 amide bonds. The third kappa shape index (κ3) is 4.58. The van der Waals surface area contributed by atoms with Crippen LogP contribution in [0.3, 0.4) is 0 Å². The molecule has 0 aliphatic carbocycles. The van der Waals surface area contributed by atoms with E-state index in [1.54, 1.807) is 0 Å². The highest BCUT2D eigenvalue weighted by Gasteiger charge is 2.02. The van der Waals surface area contributed by atoms with Crippen LogP contribution in [0.15, 0.2) is 42.7 Å². The predicted molar refractivity (Wildman–Crippen MR) is 68.0 cm³/mol. The van der Waals surface area contributed by atoms with E-state index in [-0.39, 0.29) is 5.91 Å². The van der Waals surface area contributed by atoms with Crippen molar-refractivity contribution in [3.63, 3.8) is 0 Å². The zero-order chi connectivity index (χ0) is 12.5. The van der Waals surface area contributed by atoms with E-state index in [1.807, 2.05) is 31.2 Å². The van der Waals surface area contributed by atoms with Crippen molar-refractivity contribution >= 4 is 5.91 Å². The Morgan fingerprint density at radius 2 is 2.29 bits per heavy atom. The van der Waals surface area contributed by atoms with Gasteiger partial charge >= 0.3 is 0 Å². The summed E-state index contributed by atoms with van der Waals surface area (Å²) in [6, 6.07) is 7.83. The number of amides is 1. The summed E-state index contributed by atoms with van der Waals surface area (Å²) in [6.07, 6.45) is 2.03. The molecule has 0 unspecified atom stereocenters. The van der Waals surface area contributed by atoms with Gasteiger partial charge in [-0.25, -0.2) is 0 Å². The van der Waals surface area contributed by atoms with E-state index in [0.717, 1.165) is 17.7 Å². The number of ether oxygens (including phenoxy) is 1. The van der Waals surface area contributed by atoms with Gasteiger partial charge in [0.25, 0.3) is 5.91 Å². The molecule has 1 aromatic rings. The number of rotatable bonds is 6. The third-order valence-corrected chi connectivity index (χ3v) is 2.20. The maximum Gasteiger partial charge on any atom is 0.251 e. The zero-order valence-corrected chi connectivity index (χ0v) is 10.0. The predicted octanol–water partition coefficient (Wildman–Crippen LogP) is 2.09. The summed E-state index contributed by atoms with van der Waals surface area (Å²) in [5.41, 5.74) is 3.53. The first-order chi connectivity index (χ1) is 8.27. The average Bonchev–Trinajstić information content (AvgIpc) is 2.32. The molecule has 0 aromatic heterocycles. The molecule has 0 spiro atoms. The number of carbonyl (C=O) groups is 1. The van der Waals surface area contributed by atoms with E-state index in [2.05, 4.69) is 17.6 Å². The van der Waals surface area contributed by atoms with E-state index in [9.17, 15) is 4.79 Å². The zero-order valence-electron chi connectivity index (χ0n) is 10.0. The minimum Gasteiger partial charge on any atom is -0.494 e. The molecule has 1 N–H and O–H groups in total. The molecule has 17 heavy (non-hydrogen) atoms. The Morgan fingerprint density at radius 1 is 1.53 bits per heavy atom. The number of para-hydroxylation sites is 1. The van der Waals surface area contributed by atoms with Crippen LogP contribution >= 0.6 is 0 Å². The molecule has 0 saturated heterocycles. The van der Waals surface area contributed by atoms with Crippen molar-refractivity contribution in [1.29, 1.82) is 0 Å². The summed E-state index contributed by atoms with van der Waals surface area (Å²) in [4.78, 5) is 11.1. The fraction of sp³-hybridized carbons (Fsp3) is 0.286. The number of hydrogen-bond acceptors (Lipinski definition) is 2. The van der Waals surface area contributed by atoms with Gasteiger partial charge in [-0.3, -0.25) is 4.79 Å². The summed E-state index contributed by atoms with van der Waals surface area (Å²) in [5, 5.41) is 2.75. The topological polar surface area (TPSA) is 38.3 Å². The van der Waals surface area contributed by atoms with Crippen LogP contribution in [0.1, 0.15) is 12.5 Å². The van der Waals surface area contributed by atoms with Crippen molar-refractivity contribution in [2.24, 2.45) is 0 Å². The molecule has 0 heterocycles. The van der Waals surface area contributed by atoms with Crippen molar-refractivity contribution in [2.75, 3.05) is 13.2 Å². The lowest BCUT2D eigenvalue weighted by atomic mass is 10.1. The number of carbonyl (C=O) groups excluding carboxylic acids is 1. The SMILES string of the molecule is C=C=CC(=O)NCCc1ccccc1OCC. The second-order valence-electron chi connectivity index (χ2n) is 3.43. The van der Waals surface area contributed by atoms with Gasteiger partial charge in [0.1, 0.15) is 5.75 Å². The van der Waals surface area contributed by atoms with E-state index in [1.165, 1.54) is 6.08 Å². The van der Waals surface area contributed by atoms with Gasteiger partial charge < -0.3 is 10.1 Å². The Morgan fingerprint density at radius 3 is 3.00 bits per heavy atom. The van der Waals surface area contributed by atoms with Crippen LogP contribution in [0.5, 0.6) is 5.75 Å². The van der Waals surface area contributed by atoms with Crippen molar-refractivity contribution in [3.8, 4) is 5.75 Å². The Balaban J connectivity index is 2.51. The quantitative estimate of drug-likeness (QED) is 0.601. The van der Waals surface area contributed by atoms with Crippen molar-refractivity contribution in [3.05, 3.63) is 48.2 Å². The Kier molecular flexibility index (Phi) is 5.62. The molecule has 90 valence electrons. The smallest absolute Gasteiger partial charge is 0.251 e. The average molecular weight is 231 g/mol. The van der Waals surface area contributed by atoms with Crippen LogP contribution in [-0.2, 0) is 11.2 Å². The summed E-state index contributed by atoms with van der Waals surface area (Å²) < 4.78 is 5.50. The number of nitrogens with one attached hydrogen (secondary N) is 1. The second kappa shape index (κ2) is 7.31. The number of benzene rings is 1. The Hall–Kier alpha value is -1.99. The highest BCUT2D eigenvalue weighted by Crippen LogP contribution is 2.17. The van der Waals surface area contributed by atoms with Gasteiger partial charge in [0.15, 0.2) is 0 Å². The molecule has 0 bridgehead atoms. The lowest BCUT2D eigenvalue weighted by Gasteiger charge is -2.09. The molecule has 0 saturated carbocycles. The largest absolute Gasteiger partial charge is 0.494 e. The maximum atomic E-state index is 11.1. The van der Waals surface area contributed by atoms with Crippen LogP contribution in [0, 0.1) is 0 Å². The van der Waals surface area contributed by atoms with Crippen LogP contribution in [0.2, 0.25) is 0 Å². The minimum absolute atomic E-state index is 0.172. The maximum absolute atomic E-state index is 11.1. The van der Waals surface area contributed by atoms with Gasteiger partial charge in [-0.15, -0.1) is 5.73 Å². The molecule has 1 rings (SSSR count). The van der Waals surface area contributed by atoms with Crippen molar-refractivity contribution < 1.29 is 9.53 Å². The summed E-state index contributed by atoms with van der Waals surface area (Å²) in [6.45, 7) is 6.51. The second-order valence-corrected chi connectivity index (χ2v) is 3.43. The molecule has 0 fully saturated rings. The van der Waals surface area contributed by atoms with Gasteiger partial charge in [0, 0.05) is 12.6 Å². The summed E-state index contributed by atoms with van der Waals surface area (Å²) in [7, 11) is 0. The van der Waals surface area contributed by atoms with Gasteiger partial charge in [-0.2, -0.15) is 0 Å². The van der Waals surface area contributed by atoms with Crippen molar-refractivity contribution in [2.45, 2.75) is 13.3 Å². The lowest BCUT2D eigenvalue weighted by molar-refractivity contribution is -0.116. The van der Waals surface area contributed by atoms with Gasteiger partial charge in [-0.05, 0) is 25.0 Å². The highest BCUT2D eigenvalue weighted by atomic mass is 16.5. The lowest BCUT2D eigenvalue weighted by Crippen LogP contribution is -2.23.